The molecule has 0 aliphatic rings. The normalized spacial score (nSPS) is 11.5. The molecule has 0 saturated carbocycles. The Morgan fingerprint density at radius 2 is 1.78 bits per heavy atom. The molecule has 0 spiro atoms. The van der Waals surface area contributed by atoms with Gasteiger partial charge in [-0.2, -0.15) is 13.2 Å². The number of benzene rings is 2. The highest BCUT2D eigenvalue weighted by atomic mass is 19.4. The van der Waals surface area contributed by atoms with Gasteiger partial charge < -0.3 is 10.6 Å². The number of carbonyl (C=O) groups excluding carboxylic acids is 1. The van der Waals surface area contributed by atoms with E-state index in [2.05, 4.69) is 10.6 Å². The van der Waals surface area contributed by atoms with Crippen LogP contribution in [-0.2, 0) is 6.18 Å². The minimum Gasteiger partial charge on any atom is -0.314 e. The zero-order chi connectivity index (χ0) is 16.9. The molecule has 0 bridgehead atoms. The van der Waals surface area contributed by atoms with Gasteiger partial charge in [0.05, 0.1) is 5.56 Å². The van der Waals surface area contributed by atoms with E-state index in [1.165, 1.54) is 18.3 Å². The van der Waals surface area contributed by atoms with Crippen LogP contribution >= 0.6 is 0 Å². The van der Waals surface area contributed by atoms with Crippen molar-refractivity contribution in [2.24, 2.45) is 0 Å². The standard InChI is InChI=1S/C17H15F3N2O/c1-12-3-2-4-13(11-12)9-10-21-16(23)22-15-7-5-14(6-8-15)17(18,19)20/h2-11H,1H3,(H2,21,22,23)/b10-9+. The van der Waals surface area contributed by atoms with Crippen LogP contribution in [0, 0.1) is 6.92 Å². The minimum absolute atomic E-state index is 0.277. The number of alkyl halides is 3. The maximum atomic E-state index is 12.4. The lowest BCUT2D eigenvalue weighted by Crippen LogP contribution is -2.23. The highest BCUT2D eigenvalue weighted by Gasteiger charge is 2.29. The average molecular weight is 320 g/mol. The number of rotatable bonds is 3. The summed E-state index contributed by atoms with van der Waals surface area (Å²) in [5.74, 6) is 0. The number of carbonyl (C=O) groups is 1. The van der Waals surface area contributed by atoms with Gasteiger partial charge in [-0.15, -0.1) is 0 Å². The molecule has 2 amide bonds. The van der Waals surface area contributed by atoms with Crippen molar-refractivity contribution < 1.29 is 18.0 Å². The maximum Gasteiger partial charge on any atom is 0.416 e. The van der Waals surface area contributed by atoms with Crippen LogP contribution in [0.4, 0.5) is 23.7 Å². The molecule has 0 fully saturated rings. The average Bonchev–Trinajstić information content (AvgIpc) is 2.47. The fraction of sp³-hybridized carbons (Fsp3) is 0.118. The molecule has 0 unspecified atom stereocenters. The van der Waals surface area contributed by atoms with Crippen molar-refractivity contribution in [2.45, 2.75) is 13.1 Å². The van der Waals surface area contributed by atoms with Crippen LogP contribution in [-0.4, -0.2) is 6.03 Å². The maximum absolute atomic E-state index is 12.4. The summed E-state index contributed by atoms with van der Waals surface area (Å²) in [6.07, 6.45) is -1.20. The second-order valence-electron chi connectivity index (χ2n) is 4.92. The summed E-state index contributed by atoms with van der Waals surface area (Å²) in [5.41, 5.74) is 1.54. The number of nitrogens with one attached hydrogen (secondary N) is 2. The van der Waals surface area contributed by atoms with Crippen molar-refractivity contribution in [1.82, 2.24) is 5.32 Å². The van der Waals surface area contributed by atoms with Gasteiger partial charge in [0.2, 0.25) is 0 Å². The van der Waals surface area contributed by atoms with E-state index in [1.807, 2.05) is 31.2 Å². The summed E-state index contributed by atoms with van der Waals surface area (Å²) in [7, 11) is 0. The van der Waals surface area contributed by atoms with Gasteiger partial charge in [0, 0.05) is 11.9 Å². The van der Waals surface area contributed by atoms with Crippen molar-refractivity contribution in [2.75, 3.05) is 5.32 Å². The lowest BCUT2D eigenvalue weighted by Gasteiger charge is -2.08. The second kappa shape index (κ2) is 7.00. The minimum atomic E-state index is -4.39. The summed E-state index contributed by atoms with van der Waals surface area (Å²) >= 11 is 0. The number of amides is 2. The van der Waals surface area contributed by atoms with E-state index >= 15 is 0 Å². The van der Waals surface area contributed by atoms with Gasteiger partial charge in [0.1, 0.15) is 0 Å². The molecule has 2 N–H and O–H groups in total. The van der Waals surface area contributed by atoms with E-state index in [4.69, 9.17) is 0 Å². The first-order chi connectivity index (χ1) is 10.8. The zero-order valence-corrected chi connectivity index (χ0v) is 12.3. The van der Waals surface area contributed by atoms with E-state index in [1.54, 1.807) is 6.08 Å². The summed E-state index contributed by atoms with van der Waals surface area (Å²) in [6.45, 7) is 1.96. The molecule has 2 aromatic carbocycles. The zero-order valence-electron chi connectivity index (χ0n) is 12.3. The SMILES string of the molecule is Cc1cccc(/C=C/NC(=O)Nc2ccc(C(F)(F)F)cc2)c1. The predicted molar refractivity (Wildman–Crippen MR) is 83.8 cm³/mol. The first kappa shape index (κ1) is 16.6. The van der Waals surface area contributed by atoms with Gasteiger partial charge in [-0.1, -0.05) is 29.8 Å². The molecule has 0 aromatic heterocycles. The van der Waals surface area contributed by atoms with Crippen molar-refractivity contribution in [3.05, 3.63) is 71.4 Å². The monoisotopic (exact) mass is 320 g/mol. The fourth-order valence-corrected chi connectivity index (χ4v) is 1.90. The van der Waals surface area contributed by atoms with Gasteiger partial charge in [-0.25, -0.2) is 4.79 Å². The topological polar surface area (TPSA) is 41.1 Å². The Labute approximate surface area is 131 Å². The first-order valence-electron chi connectivity index (χ1n) is 6.82. The first-order valence-corrected chi connectivity index (χ1v) is 6.82. The third-order valence-electron chi connectivity index (χ3n) is 3.00. The van der Waals surface area contributed by atoms with Gasteiger partial charge in [-0.05, 0) is 42.8 Å². The number of urea groups is 1. The Balaban J connectivity index is 1.90. The fourth-order valence-electron chi connectivity index (χ4n) is 1.90. The van der Waals surface area contributed by atoms with E-state index in [0.717, 1.165) is 23.3 Å². The van der Waals surface area contributed by atoms with Gasteiger partial charge >= 0.3 is 12.2 Å². The molecule has 23 heavy (non-hydrogen) atoms. The molecule has 2 rings (SSSR count). The molecular formula is C17H15F3N2O. The van der Waals surface area contributed by atoms with Crippen LogP contribution in [0.2, 0.25) is 0 Å². The Kier molecular flexibility index (Phi) is 5.05. The van der Waals surface area contributed by atoms with Crippen molar-refractivity contribution in [3.8, 4) is 0 Å². The predicted octanol–water partition coefficient (Wildman–Crippen LogP) is 4.81. The molecule has 0 heterocycles. The molecular weight excluding hydrogens is 305 g/mol. The lowest BCUT2D eigenvalue weighted by molar-refractivity contribution is -0.137. The van der Waals surface area contributed by atoms with Crippen LogP contribution in [0.3, 0.4) is 0 Å². The van der Waals surface area contributed by atoms with E-state index < -0.39 is 17.8 Å². The molecule has 6 heteroatoms. The number of hydrogen-bond donors (Lipinski definition) is 2. The molecule has 0 radical (unpaired) electrons. The highest BCUT2D eigenvalue weighted by Crippen LogP contribution is 2.29. The Morgan fingerprint density at radius 1 is 1.09 bits per heavy atom. The van der Waals surface area contributed by atoms with E-state index in [0.29, 0.717) is 0 Å². The molecule has 0 atom stereocenters. The molecule has 3 nitrogen and oxygen atoms in total. The second-order valence-corrected chi connectivity index (χ2v) is 4.92. The van der Waals surface area contributed by atoms with Gasteiger partial charge in [-0.3, -0.25) is 0 Å². The van der Waals surface area contributed by atoms with E-state index in [-0.39, 0.29) is 5.69 Å². The molecule has 0 aliphatic carbocycles. The third kappa shape index (κ3) is 5.18. The van der Waals surface area contributed by atoms with E-state index in [9.17, 15) is 18.0 Å². The molecule has 2 aromatic rings. The number of aryl methyl sites for hydroxylation is 1. The Bertz CT molecular complexity index is 707. The van der Waals surface area contributed by atoms with Crippen molar-refractivity contribution in [3.63, 3.8) is 0 Å². The van der Waals surface area contributed by atoms with Crippen LogP contribution in [0.15, 0.2) is 54.7 Å². The number of halogens is 3. The Hall–Kier alpha value is -2.76. The number of hydrogen-bond acceptors (Lipinski definition) is 1. The molecule has 120 valence electrons. The number of anilines is 1. The summed E-state index contributed by atoms with van der Waals surface area (Å²) in [4.78, 5) is 11.7. The largest absolute Gasteiger partial charge is 0.416 e. The molecule has 0 aliphatic heterocycles. The summed E-state index contributed by atoms with van der Waals surface area (Å²) < 4.78 is 37.3. The van der Waals surface area contributed by atoms with Crippen molar-refractivity contribution >= 4 is 17.8 Å². The van der Waals surface area contributed by atoms with Crippen LogP contribution < -0.4 is 10.6 Å². The molecule has 0 saturated heterocycles. The summed E-state index contributed by atoms with van der Waals surface area (Å²) in [6, 6.07) is 11.4. The van der Waals surface area contributed by atoms with Crippen LogP contribution in [0.1, 0.15) is 16.7 Å². The Morgan fingerprint density at radius 3 is 2.39 bits per heavy atom. The van der Waals surface area contributed by atoms with Crippen molar-refractivity contribution in [1.29, 1.82) is 0 Å². The third-order valence-corrected chi connectivity index (χ3v) is 3.00. The summed E-state index contributed by atoms with van der Waals surface area (Å²) in [5, 5.41) is 4.94. The lowest BCUT2D eigenvalue weighted by atomic mass is 10.1. The van der Waals surface area contributed by atoms with Crippen LogP contribution in [0.25, 0.3) is 6.08 Å². The van der Waals surface area contributed by atoms with Gasteiger partial charge in [0.15, 0.2) is 0 Å². The smallest absolute Gasteiger partial charge is 0.314 e. The quantitative estimate of drug-likeness (QED) is 0.837. The van der Waals surface area contributed by atoms with Gasteiger partial charge in [0.25, 0.3) is 0 Å². The van der Waals surface area contributed by atoms with Crippen LogP contribution in [0.5, 0.6) is 0 Å². The highest BCUT2D eigenvalue weighted by molar-refractivity contribution is 5.90.